The number of rotatable bonds is 3. The average molecular weight is 268 g/mol. The van der Waals surface area contributed by atoms with Crippen molar-refractivity contribution in [1.82, 2.24) is 10.2 Å². The molecule has 1 saturated heterocycles. The number of nitrogens with one attached hydrogen (secondary N) is 1. The quantitative estimate of drug-likeness (QED) is 0.831. The molecule has 0 atom stereocenters. The number of amides is 1. The molecule has 0 aromatic heterocycles. The van der Waals surface area contributed by atoms with Gasteiger partial charge in [0.25, 0.3) is 0 Å². The van der Waals surface area contributed by atoms with Gasteiger partial charge >= 0.3 is 0 Å². The van der Waals surface area contributed by atoms with Gasteiger partial charge in [0.15, 0.2) is 9.84 Å². The summed E-state index contributed by atoms with van der Waals surface area (Å²) in [6.45, 7) is 2.58. The highest BCUT2D eigenvalue weighted by Gasteiger charge is 2.24. The van der Waals surface area contributed by atoms with Gasteiger partial charge in [-0.05, 0) is 12.1 Å². The lowest BCUT2D eigenvalue weighted by Crippen LogP contribution is -2.48. The Bertz CT molecular complexity index is 507. The highest BCUT2D eigenvalue weighted by atomic mass is 32.2. The molecule has 1 aliphatic heterocycles. The Morgan fingerprint density at radius 1 is 1.17 bits per heavy atom. The molecular formula is C12H16N2O3S. The van der Waals surface area contributed by atoms with Gasteiger partial charge in [0.1, 0.15) is 5.75 Å². The summed E-state index contributed by atoms with van der Waals surface area (Å²) in [4.78, 5) is 13.7. The predicted molar refractivity (Wildman–Crippen MR) is 67.9 cm³/mol. The zero-order valence-electron chi connectivity index (χ0n) is 10.0. The maximum absolute atomic E-state index is 12.0. The van der Waals surface area contributed by atoms with E-state index in [4.69, 9.17) is 0 Å². The molecule has 2 rings (SSSR count). The lowest BCUT2D eigenvalue weighted by molar-refractivity contribution is -0.128. The maximum atomic E-state index is 12.0. The summed E-state index contributed by atoms with van der Waals surface area (Å²) in [6.07, 6.45) is 0. The minimum Gasteiger partial charge on any atom is -0.339 e. The molecule has 5 nitrogen and oxygen atoms in total. The zero-order chi connectivity index (χ0) is 13.0. The van der Waals surface area contributed by atoms with Gasteiger partial charge in [-0.3, -0.25) is 4.79 Å². The summed E-state index contributed by atoms with van der Waals surface area (Å²) >= 11 is 0. The number of carbonyl (C=O) groups is 1. The first-order valence-electron chi connectivity index (χ1n) is 5.86. The summed E-state index contributed by atoms with van der Waals surface area (Å²) in [5.41, 5.74) is 0. The monoisotopic (exact) mass is 268 g/mol. The van der Waals surface area contributed by atoms with Crippen molar-refractivity contribution in [3.05, 3.63) is 30.3 Å². The summed E-state index contributed by atoms with van der Waals surface area (Å²) in [7, 11) is -3.52. The van der Waals surface area contributed by atoms with E-state index in [2.05, 4.69) is 5.32 Å². The van der Waals surface area contributed by atoms with Gasteiger partial charge in [0.05, 0.1) is 4.90 Å². The molecule has 1 aliphatic rings. The number of hydrogen-bond acceptors (Lipinski definition) is 4. The normalized spacial score (nSPS) is 16.6. The predicted octanol–water partition coefficient (Wildman–Crippen LogP) is -0.108. The fraction of sp³-hybridized carbons (Fsp3) is 0.417. The Morgan fingerprint density at radius 3 is 2.39 bits per heavy atom. The van der Waals surface area contributed by atoms with E-state index in [1.54, 1.807) is 23.1 Å². The Kier molecular flexibility index (Phi) is 3.98. The van der Waals surface area contributed by atoms with Crippen LogP contribution in [0.3, 0.4) is 0 Å². The molecule has 1 amide bonds. The number of sulfone groups is 1. The molecule has 0 aliphatic carbocycles. The summed E-state index contributed by atoms with van der Waals surface area (Å²) in [6, 6.07) is 8.09. The minimum atomic E-state index is -3.52. The van der Waals surface area contributed by atoms with E-state index in [0.717, 1.165) is 13.1 Å². The second-order valence-electron chi connectivity index (χ2n) is 4.20. The van der Waals surface area contributed by atoms with Crippen LogP contribution in [0.1, 0.15) is 0 Å². The molecule has 0 saturated carbocycles. The molecule has 1 fully saturated rings. The summed E-state index contributed by atoms with van der Waals surface area (Å²) < 4.78 is 24.0. The van der Waals surface area contributed by atoms with E-state index in [0.29, 0.717) is 13.1 Å². The van der Waals surface area contributed by atoms with E-state index in [-0.39, 0.29) is 10.8 Å². The Labute approximate surface area is 107 Å². The molecule has 0 spiro atoms. The van der Waals surface area contributed by atoms with E-state index in [1.165, 1.54) is 12.1 Å². The van der Waals surface area contributed by atoms with Crippen LogP contribution < -0.4 is 5.32 Å². The minimum absolute atomic E-state index is 0.202. The van der Waals surface area contributed by atoms with Gasteiger partial charge < -0.3 is 10.2 Å². The Hall–Kier alpha value is -1.40. The maximum Gasteiger partial charge on any atom is 0.238 e. The van der Waals surface area contributed by atoms with E-state index in [1.807, 2.05) is 0 Å². The van der Waals surface area contributed by atoms with Crippen molar-refractivity contribution in [2.45, 2.75) is 4.90 Å². The van der Waals surface area contributed by atoms with Crippen LogP contribution in [-0.2, 0) is 14.6 Å². The highest BCUT2D eigenvalue weighted by Crippen LogP contribution is 2.11. The lowest BCUT2D eigenvalue weighted by atomic mass is 10.3. The van der Waals surface area contributed by atoms with Crippen LogP contribution in [0.2, 0.25) is 0 Å². The number of nitrogens with zero attached hydrogens (tertiary/aromatic N) is 1. The molecule has 98 valence electrons. The second-order valence-corrected chi connectivity index (χ2v) is 6.19. The van der Waals surface area contributed by atoms with Crippen LogP contribution in [-0.4, -0.2) is 51.2 Å². The topological polar surface area (TPSA) is 66.5 Å². The number of carbonyl (C=O) groups excluding carboxylic acids is 1. The molecule has 1 aromatic rings. The van der Waals surface area contributed by atoms with Crippen LogP contribution >= 0.6 is 0 Å². The van der Waals surface area contributed by atoms with Crippen molar-refractivity contribution < 1.29 is 13.2 Å². The second kappa shape index (κ2) is 5.49. The molecule has 0 bridgehead atoms. The fourth-order valence-corrected chi connectivity index (χ4v) is 3.13. The van der Waals surface area contributed by atoms with Crippen molar-refractivity contribution in [3.63, 3.8) is 0 Å². The van der Waals surface area contributed by atoms with Crippen molar-refractivity contribution >= 4 is 15.7 Å². The van der Waals surface area contributed by atoms with Gasteiger partial charge in [-0.1, -0.05) is 18.2 Å². The standard InChI is InChI=1S/C12H16N2O3S/c15-12(14-8-6-13-7-9-14)10-18(16,17)11-4-2-1-3-5-11/h1-5,13H,6-10H2. The first-order chi connectivity index (χ1) is 8.59. The molecule has 0 radical (unpaired) electrons. The third-order valence-electron chi connectivity index (χ3n) is 2.89. The van der Waals surface area contributed by atoms with Crippen LogP contribution in [0.15, 0.2) is 35.2 Å². The van der Waals surface area contributed by atoms with Crippen LogP contribution in [0.5, 0.6) is 0 Å². The number of benzene rings is 1. The van der Waals surface area contributed by atoms with Gasteiger partial charge in [-0.25, -0.2) is 8.42 Å². The van der Waals surface area contributed by atoms with E-state index >= 15 is 0 Å². The molecule has 1 heterocycles. The van der Waals surface area contributed by atoms with Crippen LogP contribution in [0, 0.1) is 0 Å². The Morgan fingerprint density at radius 2 is 1.78 bits per heavy atom. The summed E-state index contributed by atoms with van der Waals surface area (Å²) in [5.74, 6) is -0.767. The van der Waals surface area contributed by atoms with E-state index in [9.17, 15) is 13.2 Å². The van der Waals surface area contributed by atoms with Crippen molar-refractivity contribution in [2.75, 3.05) is 31.9 Å². The number of hydrogen-bond donors (Lipinski definition) is 1. The van der Waals surface area contributed by atoms with E-state index < -0.39 is 15.6 Å². The van der Waals surface area contributed by atoms with Crippen molar-refractivity contribution in [2.24, 2.45) is 0 Å². The van der Waals surface area contributed by atoms with Crippen LogP contribution in [0.4, 0.5) is 0 Å². The first kappa shape index (κ1) is 13.0. The molecule has 1 aromatic carbocycles. The molecule has 0 unspecified atom stereocenters. The van der Waals surface area contributed by atoms with Gasteiger partial charge in [0.2, 0.25) is 5.91 Å². The lowest BCUT2D eigenvalue weighted by Gasteiger charge is -2.27. The summed E-state index contributed by atoms with van der Waals surface area (Å²) in [5, 5.41) is 3.12. The average Bonchev–Trinajstić information content (AvgIpc) is 2.40. The van der Waals surface area contributed by atoms with Gasteiger partial charge in [-0.2, -0.15) is 0 Å². The third kappa shape index (κ3) is 3.08. The third-order valence-corrected chi connectivity index (χ3v) is 4.50. The van der Waals surface area contributed by atoms with Gasteiger partial charge in [-0.15, -0.1) is 0 Å². The highest BCUT2D eigenvalue weighted by molar-refractivity contribution is 7.92. The fourth-order valence-electron chi connectivity index (χ4n) is 1.88. The van der Waals surface area contributed by atoms with Gasteiger partial charge in [0, 0.05) is 26.2 Å². The molecule has 18 heavy (non-hydrogen) atoms. The SMILES string of the molecule is O=C(CS(=O)(=O)c1ccccc1)N1CCNCC1. The largest absolute Gasteiger partial charge is 0.339 e. The van der Waals surface area contributed by atoms with Crippen LogP contribution in [0.25, 0.3) is 0 Å². The van der Waals surface area contributed by atoms with Crippen molar-refractivity contribution in [3.8, 4) is 0 Å². The zero-order valence-corrected chi connectivity index (χ0v) is 10.8. The first-order valence-corrected chi connectivity index (χ1v) is 7.51. The Balaban J connectivity index is 2.06. The number of piperazine rings is 1. The van der Waals surface area contributed by atoms with Crippen molar-refractivity contribution in [1.29, 1.82) is 0 Å². The molecule has 6 heteroatoms. The molecular weight excluding hydrogens is 252 g/mol. The molecule has 1 N–H and O–H groups in total. The smallest absolute Gasteiger partial charge is 0.238 e.